The molecule has 2 aliphatic rings. The number of hydrogen-bond acceptors (Lipinski definition) is 4. The van der Waals surface area contributed by atoms with Crippen LogP contribution in [0.25, 0.3) is 0 Å². The van der Waals surface area contributed by atoms with Crippen molar-refractivity contribution in [2.24, 2.45) is 0 Å². The highest BCUT2D eigenvalue weighted by Gasteiger charge is 2.36. The lowest BCUT2D eigenvalue weighted by Crippen LogP contribution is -2.39. The molecule has 0 saturated carbocycles. The Balaban J connectivity index is 0.00000192. The van der Waals surface area contributed by atoms with Gasteiger partial charge in [-0.3, -0.25) is 0 Å². The molecule has 1 N–H and O–H groups in total. The van der Waals surface area contributed by atoms with Crippen LogP contribution in [0.1, 0.15) is 19.3 Å². The van der Waals surface area contributed by atoms with Crippen LogP contribution in [0.2, 0.25) is 0 Å². The first-order valence-corrected chi connectivity index (χ1v) is 8.71. The van der Waals surface area contributed by atoms with Crippen molar-refractivity contribution < 1.29 is 21.9 Å². The molecule has 0 spiro atoms. The summed E-state index contributed by atoms with van der Waals surface area (Å²) in [5.41, 5.74) is 0. The maximum absolute atomic E-state index is 12.8. The van der Waals surface area contributed by atoms with E-state index in [9.17, 15) is 17.2 Å². The summed E-state index contributed by atoms with van der Waals surface area (Å²) in [6, 6.07) is 6.02. The summed E-state index contributed by atoms with van der Waals surface area (Å²) in [4.78, 5) is -0.201. The molecular weight excluding hydrogens is 350 g/mol. The number of alkyl halides is 2. The van der Waals surface area contributed by atoms with Crippen LogP contribution in [-0.2, 0) is 10.0 Å². The fourth-order valence-corrected chi connectivity index (χ4v) is 4.75. The second kappa shape index (κ2) is 7.29. The van der Waals surface area contributed by atoms with Crippen molar-refractivity contribution in [1.29, 1.82) is 0 Å². The Kier molecular flexibility index (Phi) is 5.83. The highest BCUT2D eigenvalue weighted by atomic mass is 35.5. The molecule has 2 unspecified atom stereocenters. The normalized spacial score (nSPS) is 25.0. The van der Waals surface area contributed by atoms with Crippen LogP contribution in [0.4, 0.5) is 8.78 Å². The number of halogens is 3. The van der Waals surface area contributed by atoms with Crippen LogP contribution in [-0.4, -0.2) is 44.5 Å². The van der Waals surface area contributed by atoms with E-state index in [1.165, 1.54) is 28.6 Å². The molecular formula is C14H19ClF2N2O3S. The summed E-state index contributed by atoms with van der Waals surface area (Å²) in [7, 11) is -3.85. The van der Waals surface area contributed by atoms with E-state index in [2.05, 4.69) is 10.1 Å². The van der Waals surface area contributed by atoms with Crippen molar-refractivity contribution in [2.75, 3.05) is 13.1 Å². The number of benzene rings is 1. The summed E-state index contributed by atoms with van der Waals surface area (Å²) in [6.45, 7) is -2.31. The van der Waals surface area contributed by atoms with Gasteiger partial charge in [0, 0.05) is 25.2 Å². The third kappa shape index (κ3) is 3.93. The van der Waals surface area contributed by atoms with E-state index in [0.717, 1.165) is 19.3 Å². The third-order valence-corrected chi connectivity index (χ3v) is 6.07. The lowest BCUT2D eigenvalue weighted by atomic mass is 10.1. The topological polar surface area (TPSA) is 58.6 Å². The Morgan fingerprint density at radius 1 is 1.17 bits per heavy atom. The van der Waals surface area contributed by atoms with Gasteiger partial charge in [-0.2, -0.15) is 13.1 Å². The molecule has 0 radical (unpaired) electrons. The van der Waals surface area contributed by atoms with Crippen molar-refractivity contribution in [3.63, 3.8) is 0 Å². The molecule has 2 heterocycles. The Morgan fingerprint density at radius 2 is 1.87 bits per heavy atom. The molecule has 130 valence electrons. The van der Waals surface area contributed by atoms with Gasteiger partial charge in [-0.1, -0.05) is 12.1 Å². The Bertz CT molecular complexity index is 645. The van der Waals surface area contributed by atoms with E-state index in [1.807, 2.05) is 0 Å². The predicted molar refractivity (Wildman–Crippen MR) is 83.6 cm³/mol. The van der Waals surface area contributed by atoms with Crippen molar-refractivity contribution in [3.05, 3.63) is 24.3 Å². The maximum atomic E-state index is 12.8. The van der Waals surface area contributed by atoms with Crippen molar-refractivity contribution in [2.45, 2.75) is 42.9 Å². The van der Waals surface area contributed by atoms with Crippen molar-refractivity contribution in [3.8, 4) is 5.75 Å². The van der Waals surface area contributed by atoms with Gasteiger partial charge in [0.25, 0.3) is 0 Å². The van der Waals surface area contributed by atoms with Gasteiger partial charge in [0.15, 0.2) is 0 Å². The number of nitrogens with one attached hydrogen (secondary N) is 1. The second-order valence-electron chi connectivity index (χ2n) is 5.61. The number of para-hydroxylation sites is 1. The number of fused-ring (bicyclic) bond motifs is 2. The number of ether oxygens (including phenoxy) is 1. The summed E-state index contributed by atoms with van der Waals surface area (Å²) in [5, 5.41) is 3.40. The highest BCUT2D eigenvalue weighted by molar-refractivity contribution is 7.89. The molecule has 0 aliphatic carbocycles. The zero-order chi connectivity index (χ0) is 15.7. The largest absolute Gasteiger partial charge is 0.433 e. The summed E-state index contributed by atoms with van der Waals surface area (Å²) in [6.07, 6.45) is 2.73. The lowest BCUT2D eigenvalue weighted by molar-refractivity contribution is -0.0517. The summed E-state index contributed by atoms with van der Waals surface area (Å²) >= 11 is 0. The van der Waals surface area contributed by atoms with Crippen molar-refractivity contribution >= 4 is 22.4 Å². The van der Waals surface area contributed by atoms with Crippen LogP contribution in [0.5, 0.6) is 5.75 Å². The molecule has 9 heteroatoms. The molecule has 1 aromatic carbocycles. The van der Waals surface area contributed by atoms with E-state index in [-0.39, 0.29) is 29.1 Å². The fraction of sp³-hybridized carbons (Fsp3) is 0.571. The van der Waals surface area contributed by atoms with Crippen molar-refractivity contribution in [1.82, 2.24) is 9.62 Å². The Labute approximate surface area is 140 Å². The molecule has 23 heavy (non-hydrogen) atoms. The zero-order valence-electron chi connectivity index (χ0n) is 12.3. The van der Waals surface area contributed by atoms with Crippen LogP contribution >= 0.6 is 12.4 Å². The SMILES string of the molecule is Cl.O=S(=O)(c1ccccc1OC(F)F)N1CCC2CCC(C1)N2. The first-order valence-electron chi connectivity index (χ1n) is 7.27. The Hall–Kier alpha value is -0.960. The predicted octanol–water partition coefficient (Wildman–Crippen LogP) is 2.22. The van der Waals surface area contributed by atoms with Gasteiger partial charge in [0.1, 0.15) is 10.6 Å². The van der Waals surface area contributed by atoms with E-state index < -0.39 is 16.6 Å². The molecule has 2 saturated heterocycles. The first kappa shape index (κ1) is 18.4. The molecule has 1 aromatic rings. The molecule has 2 atom stereocenters. The molecule has 2 aliphatic heterocycles. The van der Waals surface area contributed by atoms with Gasteiger partial charge >= 0.3 is 6.61 Å². The average Bonchev–Trinajstić information content (AvgIpc) is 2.77. The standard InChI is InChI=1S/C14H18F2N2O3S.ClH/c15-14(16)21-12-3-1-2-4-13(12)22(19,20)18-8-7-10-5-6-11(9-18)17-10;/h1-4,10-11,14,17H,5-9H2;1H. The second-order valence-corrected chi connectivity index (χ2v) is 7.52. The number of nitrogens with zero attached hydrogens (tertiary/aromatic N) is 1. The average molecular weight is 369 g/mol. The first-order chi connectivity index (χ1) is 10.5. The third-order valence-electron chi connectivity index (χ3n) is 4.17. The van der Waals surface area contributed by atoms with E-state index in [4.69, 9.17) is 0 Å². The van der Waals surface area contributed by atoms with Gasteiger partial charge in [-0.15, -0.1) is 12.4 Å². The number of rotatable bonds is 4. The molecule has 2 bridgehead atoms. The van der Waals surface area contributed by atoms with E-state index >= 15 is 0 Å². The van der Waals surface area contributed by atoms with Gasteiger partial charge < -0.3 is 10.1 Å². The van der Waals surface area contributed by atoms with Gasteiger partial charge in [0.2, 0.25) is 10.0 Å². The minimum atomic E-state index is -3.85. The Morgan fingerprint density at radius 3 is 2.61 bits per heavy atom. The van der Waals surface area contributed by atoms with E-state index in [0.29, 0.717) is 19.1 Å². The van der Waals surface area contributed by atoms with Gasteiger partial charge in [-0.05, 0) is 31.4 Å². The smallest absolute Gasteiger partial charge is 0.387 e. The summed E-state index contributed by atoms with van der Waals surface area (Å²) in [5.74, 6) is -0.306. The maximum Gasteiger partial charge on any atom is 0.387 e. The highest BCUT2D eigenvalue weighted by Crippen LogP contribution is 2.30. The lowest BCUT2D eigenvalue weighted by Gasteiger charge is -2.24. The van der Waals surface area contributed by atoms with E-state index in [1.54, 1.807) is 0 Å². The van der Waals surface area contributed by atoms with Gasteiger partial charge in [0.05, 0.1) is 0 Å². The monoisotopic (exact) mass is 368 g/mol. The van der Waals surface area contributed by atoms with Gasteiger partial charge in [-0.25, -0.2) is 8.42 Å². The quantitative estimate of drug-likeness (QED) is 0.885. The summed E-state index contributed by atoms with van der Waals surface area (Å²) < 4.78 is 56.3. The molecule has 5 nitrogen and oxygen atoms in total. The zero-order valence-corrected chi connectivity index (χ0v) is 14.0. The van der Waals surface area contributed by atoms with Crippen LogP contribution in [0, 0.1) is 0 Å². The van der Waals surface area contributed by atoms with Crippen LogP contribution in [0.15, 0.2) is 29.2 Å². The number of hydrogen-bond donors (Lipinski definition) is 1. The molecule has 0 amide bonds. The number of sulfonamides is 1. The van der Waals surface area contributed by atoms with Crippen LogP contribution < -0.4 is 10.1 Å². The minimum Gasteiger partial charge on any atom is -0.433 e. The molecule has 2 fully saturated rings. The fourth-order valence-electron chi connectivity index (χ4n) is 3.12. The molecule has 3 rings (SSSR count). The minimum absolute atomic E-state index is 0. The molecule has 0 aromatic heterocycles. The van der Waals surface area contributed by atoms with Crippen LogP contribution in [0.3, 0.4) is 0 Å².